The monoisotopic (exact) mass is 398 g/mol. The number of hydrazone groups is 1. The first-order valence-electron chi connectivity index (χ1n) is 9.98. The molecule has 1 aromatic carbocycles. The van der Waals surface area contributed by atoms with Crippen LogP contribution >= 0.6 is 0 Å². The van der Waals surface area contributed by atoms with Gasteiger partial charge in [-0.25, -0.2) is 19.4 Å². The number of aryl methyl sites for hydroxylation is 2. The molecule has 6 nitrogen and oxygen atoms in total. The molecule has 0 fully saturated rings. The molecule has 0 bridgehead atoms. The van der Waals surface area contributed by atoms with Gasteiger partial charge in [0.15, 0.2) is 0 Å². The average Bonchev–Trinajstić information content (AvgIpc) is 3.39. The van der Waals surface area contributed by atoms with Crippen molar-refractivity contribution in [3.8, 4) is 22.8 Å². The molecule has 148 valence electrons. The number of nitrogens with one attached hydrogen (secondary N) is 1. The van der Waals surface area contributed by atoms with E-state index in [-0.39, 0.29) is 12.0 Å². The fraction of sp³-hybridized carbons (Fsp3) is 0.174. The molecule has 0 aliphatic carbocycles. The lowest BCUT2D eigenvalue weighted by atomic mass is 10.00. The minimum absolute atomic E-state index is 0.0351. The summed E-state index contributed by atoms with van der Waals surface area (Å²) in [4.78, 5) is 9.53. The summed E-state index contributed by atoms with van der Waals surface area (Å²) in [5.74, 6) is 0.608. The molecule has 2 aromatic heterocycles. The van der Waals surface area contributed by atoms with Gasteiger partial charge >= 0.3 is 0 Å². The van der Waals surface area contributed by atoms with Gasteiger partial charge < -0.3 is 9.88 Å². The highest BCUT2D eigenvalue weighted by Crippen LogP contribution is 2.38. The molecule has 3 aliphatic rings. The predicted molar refractivity (Wildman–Crippen MR) is 114 cm³/mol. The molecule has 7 heteroatoms. The molecule has 30 heavy (non-hydrogen) atoms. The van der Waals surface area contributed by atoms with Crippen molar-refractivity contribution in [3.05, 3.63) is 77.5 Å². The normalized spacial score (nSPS) is 18.5. The Hall–Kier alpha value is -3.74. The number of aromatic nitrogens is 3. The van der Waals surface area contributed by atoms with Crippen LogP contribution in [0.15, 0.2) is 59.9 Å². The summed E-state index contributed by atoms with van der Waals surface area (Å²) in [6, 6.07) is 11.5. The van der Waals surface area contributed by atoms with E-state index >= 15 is 0 Å². The molecule has 3 aromatic rings. The summed E-state index contributed by atoms with van der Waals surface area (Å²) in [5.41, 5.74) is 6.20. The molecule has 5 heterocycles. The summed E-state index contributed by atoms with van der Waals surface area (Å²) in [6.45, 7) is 2.50. The zero-order chi connectivity index (χ0) is 20.2. The van der Waals surface area contributed by atoms with E-state index in [9.17, 15) is 4.39 Å². The quantitative estimate of drug-likeness (QED) is 0.715. The van der Waals surface area contributed by atoms with E-state index < -0.39 is 0 Å². The highest BCUT2D eigenvalue weighted by molar-refractivity contribution is 5.85. The van der Waals surface area contributed by atoms with Crippen LogP contribution < -0.4 is 5.32 Å². The smallest absolute Gasteiger partial charge is 0.144 e. The van der Waals surface area contributed by atoms with Crippen molar-refractivity contribution in [1.82, 2.24) is 24.9 Å². The molecule has 0 saturated carbocycles. The van der Waals surface area contributed by atoms with Crippen molar-refractivity contribution >= 4 is 11.9 Å². The molecular formula is C23H19FN6. The van der Waals surface area contributed by atoms with Crippen LogP contribution in [0, 0.1) is 12.7 Å². The summed E-state index contributed by atoms with van der Waals surface area (Å²) >= 11 is 0. The van der Waals surface area contributed by atoms with Crippen LogP contribution in [0.4, 0.5) is 4.39 Å². The van der Waals surface area contributed by atoms with Crippen LogP contribution in [0.1, 0.15) is 17.0 Å². The molecular weight excluding hydrogens is 379 g/mol. The Morgan fingerprint density at radius 1 is 1.13 bits per heavy atom. The zero-order valence-corrected chi connectivity index (χ0v) is 16.4. The number of hydrogen-bond donors (Lipinski definition) is 1. The lowest BCUT2D eigenvalue weighted by Gasteiger charge is -2.24. The van der Waals surface area contributed by atoms with E-state index in [2.05, 4.69) is 50.3 Å². The second-order valence-corrected chi connectivity index (χ2v) is 7.63. The van der Waals surface area contributed by atoms with E-state index in [0.717, 1.165) is 41.3 Å². The van der Waals surface area contributed by atoms with Gasteiger partial charge in [-0.05, 0) is 37.1 Å². The SMILES string of the molecule is Cc1nc(-c2nc3n(c2C2=CN4N=CNC4C=C2)CCc2ccccc2-3)ccc1F. The Balaban J connectivity index is 1.59. The van der Waals surface area contributed by atoms with Crippen LogP contribution in [0.25, 0.3) is 28.3 Å². The van der Waals surface area contributed by atoms with Gasteiger partial charge in [0, 0.05) is 23.9 Å². The third kappa shape index (κ3) is 2.51. The second-order valence-electron chi connectivity index (χ2n) is 7.63. The van der Waals surface area contributed by atoms with Gasteiger partial charge in [0.2, 0.25) is 0 Å². The minimum Gasteiger partial charge on any atom is -0.350 e. The molecule has 1 N–H and O–H groups in total. The summed E-state index contributed by atoms with van der Waals surface area (Å²) in [7, 11) is 0. The number of fused-ring (bicyclic) bond motifs is 4. The number of benzene rings is 1. The number of rotatable bonds is 2. The number of allylic oxidation sites excluding steroid dienone is 2. The van der Waals surface area contributed by atoms with E-state index in [1.54, 1.807) is 19.3 Å². The lowest BCUT2D eigenvalue weighted by Crippen LogP contribution is -2.32. The summed E-state index contributed by atoms with van der Waals surface area (Å²) < 4.78 is 16.2. The van der Waals surface area contributed by atoms with E-state index in [0.29, 0.717) is 11.4 Å². The van der Waals surface area contributed by atoms with Crippen molar-refractivity contribution < 1.29 is 4.39 Å². The maximum absolute atomic E-state index is 13.9. The van der Waals surface area contributed by atoms with E-state index in [1.807, 2.05) is 17.3 Å². The highest BCUT2D eigenvalue weighted by atomic mass is 19.1. The third-order valence-electron chi connectivity index (χ3n) is 5.82. The van der Waals surface area contributed by atoms with Crippen molar-refractivity contribution in [2.24, 2.45) is 5.10 Å². The van der Waals surface area contributed by atoms with Gasteiger partial charge in [-0.15, -0.1) is 0 Å². The van der Waals surface area contributed by atoms with Crippen LogP contribution in [-0.2, 0) is 13.0 Å². The van der Waals surface area contributed by atoms with Crippen LogP contribution in [0.3, 0.4) is 0 Å². The van der Waals surface area contributed by atoms with Crippen LogP contribution in [0.2, 0.25) is 0 Å². The molecule has 1 unspecified atom stereocenters. The van der Waals surface area contributed by atoms with Crippen LogP contribution in [0.5, 0.6) is 0 Å². The Morgan fingerprint density at radius 2 is 2.03 bits per heavy atom. The standard InChI is InChI=1S/C23H19FN6/c1-14-18(24)7-8-19(27-14)21-22(16-6-9-20-25-13-26-30(20)12-16)29-11-10-15-4-2-3-5-17(15)23(29)28-21/h2-9,12-13,20H,10-11H2,1H3,(H,25,26). The van der Waals surface area contributed by atoms with Gasteiger partial charge in [0.25, 0.3) is 0 Å². The Morgan fingerprint density at radius 3 is 2.93 bits per heavy atom. The van der Waals surface area contributed by atoms with Crippen molar-refractivity contribution in [3.63, 3.8) is 0 Å². The van der Waals surface area contributed by atoms with Gasteiger partial charge in [0.05, 0.1) is 17.1 Å². The molecule has 0 saturated heterocycles. The maximum Gasteiger partial charge on any atom is 0.144 e. The third-order valence-corrected chi connectivity index (χ3v) is 5.82. The van der Waals surface area contributed by atoms with Gasteiger partial charge in [-0.1, -0.05) is 30.3 Å². The fourth-order valence-electron chi connectivity index (χ4n) is 4.31. The average molecular weight is 398 g/mol. The first-order valence-corrected chi connectivity index (χ1v) is 9.98. The van der Waals surface area contributed by atoms with Crippen LogP contribution in [-0.4, -0.2) is 32.0 Å². The summed E-state index contributed by atoms with van der Waals surface area (Å²) in [6.07, 6.45) is 8.85. The Labute approximate surface area is 173 Å². The number of pyridine rings is 1. The number of imidazole rings is 1. The summed E-state index contributed by atoms with van der Waals surface area (Å²) in [5, 5.41) is 9.44. The van der Waals surface area contributed by atoms with Gasteiger partial charge in [-0.2, -0.15) is 5.10 Å². The van der Waals surface area contributed by atoms with Crippen molar-refractivity contribution in [2.75, 3.05) is 0 Å². The number of nitrogens with zero attached hydrogens (tertiary/aromatic N) is 5. The van der Waals surface area contributed by atoms with Crippen molar-refractivity contribution in [2.45, 2.75) is 26.1 Å². The lowest BCUT2D eigenvalue weighted by molar-refractivity contribution is 0.351. The first kappa shape index (κ1) is 17.1. The molecule has 0 amide bonds. The zero-order valence-electron chi connectivity index (χ0n) is 16.4. The van der Waals surface area contributed by atoms with Crippen molar-refractivity contribution in [1.29, 1.82) is 0 Å². The van der Waals surface area contributed by atoms with E-state index in [4.69, 9.17) is 4.98 Å². The molecule has 0 radical (unpaired) electrons. The predicted octanol–water partition coefficient (Wildman–Crippen LogP) is 3.70. The first-order chi connectivity index (χ1) is 14.7. The Kier molecular flexibility index (Phi) is 3.65. The highest BCUT2D eigenvalue weighted by Gasteiger charge is 2.29. The topological polar surface area (TPSA) is 58.3 Å². The molecule has 3 aliphatic heterocycles. The van der Waals surface area contributed by atoms with Gasteiger partial charge in [0.1, 0.15) is 29.8 Å². The van der Waals surface area contributed by atoms with Gasteiger partial charge in [-0.3, -0.25) is 0 Å². The molecule has 0 spiro atoms. The minimum atomic E-state index is -0.313. The number of hydrogen-bond acceptors (Lipinski definition) is 5. The second kappa shape index (κ2) is 6.38. The maximum atomic E-state index is 13.9. The molecule has 1 atom stereocenters. The fourth-order valence-corrected chi connectivity index (χ4v) is 4.31. The Bertz CT molecular complexity index is 1270. The number of halogens is 1. The molecule has 6 rings (SSSR count). The van der Waals surface area contributed by atoms with E-state index in [1.165, 1.54) is 11.6 Å². The largest absolute Gasteiger partial charge is 0.350 e.